The molecule has 1 heterocycles. The summed E-state index contributed by atoms with van der Waals surface area (Å²) in [5.74, 6) is 0.620. The van der Waals surface area contributed by atoms with Gasteiger partial charge in [-0.3, -0.25) is 0 Å². The zero-order chi connectivity index (χ0) is 10.4. The van der Waals surface area contributed by atoms with Crippen LogP contribution in [-0.2, 0) is 4.74 Å². The first-order valence-electron chi connectivity index (χ1n) is 5.73. The summed E-state index contributed by atoms with van der Waals surface area (Å²) in [6, 6.07) is 0. The zero-order valence-electron chi connectivity index (χ0n) is 9.51. The van der Waals surface area contributed by atoms with Crippen molar-refractivity contribution in [3.8, 4) is 0 Å². The maximum absolute atomic E-state index is 5.68. The van der Waals surface area contributed by atoms with Gasteiger partial charge in [0.05, 0.1) is 0 Å². The van der Waals surface area contributed by atoms with Crippen molar-refractivity contribution in [3.05, 3.63) is 0 Å². The number of nitrogens with one attached hydrogen (secondary N) is 1. The summed E-state index contributed by atoms with van der Waals surface area (Å²) in [4.78, 5) is 0. The molecule has 0 amide bonds. The third-order valence-electron chi connectivity index (χ3n) is 3.32. The van der Waals surface area contributed by atoms with Gasteiger partial charge in [0.15, 0.2) is 0 Å². The molecule has 1 atom stereocenters. The first-order chi connectivity index (χ1) is 6.70. The molecule has 1 unspecified atom stereocenters. The second-order valence-corrected chi connectivity index (χ2v) is 4.56. The first kappa shape index (κ1) is 12.0. The summed E-state index contributed by atoms with van der Waals surface area (Å²) in [5, 5.41) is 3.64. The van der Waals surface area contributed by atoms with Gasteiger partial charge in [0.1, 0.15) is 0 Å². The summed E-state index contributed by atoms with van der Waals surface area (Å²) in [6.07, 6.45) is 3.40. The predicted molar refractivity (Wildman–Crippen MR) is 59.3 cm³/mol. The van der Waals surface area contributed by atoms with E-state index in [1.165, 1.54) is 0 Å². The van der Waals surface area contributed by atoms with Crippen molar-refractivity contribution < 1.29 is 4.74 Å². The van der Waals surface area contributed by atoms with Gasteiger partial charge in [-0.25, -0.2) is 0 Å². The van der Waals surface area contributed by atoms with Crippen molar-refractivity contribution >= 4 is 0 Å². The van der Waals surface area contributed by atoms with Crippen LogP contribution in [-0.4, -0.2) is 31.8 Å². The van der Waals surface area contributed by atoms with Crippen LogP contribution in [0.5, 0.6) is 0 Å². The molecular weight excluding hydrogens is 176 g/mol. The molecule has 0 spiro atoms. The lowest BCUT2D eigenvalue weighted by molar-refractivity contribution is 0.0438. The van der Waals surface area contributed by atoms with E-state index in [1.807, 2.05) is 0 Å². The van der Waals surface area contributed by atoms with Gasteiger partial charge in [-0.2, -0.15) is 0 Å². The summed E-state index contributed by atoms with van der Waals surface area (Å²) in [6.45, 7) is 8.11. The monoisotopic (exact) mass is 200 g/mol. The lowest BCUT2D eigenvalue weighted by Gasteiger charge is -2.35. The van der Waals surface area contributed by atoms with Crippen LogP contribution >= 0.6 is 0 Å². The fraction of sp³-hybridized carbons (Fsp3) is 1.00. The summed E-state index contributed by atoms with van der Waals surface area (Å²) in [5.41, 5.74) is 5.96. The fourth-order valence-corrected chi connectivity index (χ4v) is 1.78. The van der Waals surface area contributed by atoms with E-state index in [-0.39, 0.29) is 5.54 Å². The van der Waals surface area contributed by atoms with E-state index in [0.717, 1.165) is 45.6 Å². The molecule has 3 N–H and O–H groups in total. The van der Waals surface area contributed by atoms with Crippen LogP contribution in [0.4, 0.5) is 0 Å². The number of rotatable bonds is 5. The third kappa shape index (κ3) is 3.56. The Bertz CT molecular complexity index is 151. The average molecular weight is 200 g/mol. The van der Waals surface area contributed by atoms with E-state index >= 15 is 0 Å². The van der Waals surface area contributed by atoms with E-state index in [1.54, 1.807) is 0 Å². The van der Waals surface area contributed by atoms with Gasteiger partial charge in [-0.15, -0.1) is 0 Å². The highest BCUT2D eigenvalue weighted by molar-refractivity contribution is 4.86. The molecule has 0 aromatic rings. The normalized spacial score (nSPS) is 23.4. The second-order valence-electron chi connectivity index (χ2n) is 4.56. The minimum atomic E-state index is 0.279. The summed E-state index contributed by atoms with van der Waals surface area (Å²) < 4.78 is 5.36. The second kappa shape index (κ2) is 5.69. The van der Waals surface area contributed by atoms with Crippen molar-refractivity contribution in [1.29, 1.82) is 0 Å². The Labute approximate surface area is 87.4 Å². The van der Waals surface area contributed by atoms with Crippen molar-refractivity contribution in [2.45, 2.75) is 38.6 Å². The Kier molecular flexibility index (Phi) is 4.85. The van der Waals surface area contributed by atoms with Crippen molar-refractivity contribution in [1.82, 2.24) is 5.32 Å². The van der Waals surface area contributed by atoms with E-state index in [2.05, 4.69) is 19.2 Å². The topological polar surface area (TPSA) is 47.3 Å². The number of hydrogen-bond donors (Lipinski definition) is 2. The maximum Gasteiger partial charge on any atom is 0.0483 e. The van der Waals surface area contributed by atoms with Gasteiger partial charge in [-0.05, 0) is 38.8 Å². The molecule has 1 fully saturated rings. The van der Waals surface area contributed by atoms with Crippen molar-refractivity contribution in [2.24, 2.45) is 11.7 Å². The van der Waals surface area contributed by atoms with Crippen LogP contribution in [0.15, 0.2) is 0 Å². The van der Waals surface area contributed by atoms with Crippen molar-refractivity contribution in [2.75, 3.05) is 26.3 Å². The SMILES string of the molecule is CCC(CN)CNC1(C)CCOCC1. The Balaban J connectivity index is 2.27. The average Bonchev–Trinajstić information content (AvgIpc) is 2.20. The molecule has 0 aliphatic carbocycles. The Hall–Kier alpha value is -0.120. The number of nitrogens with two attached hydrogens (primary N) is 1. The molecule has 1 aliphatic rings. The maximum atomic E-state index is 5.68. The van der Waals surface area contributed by atoms with Crippen LogP contribution in [0.25, 0.3) is 0 Å². The molecule has 1 aliphatic heterocycles. The van der Waals surface area contributed by atoms with Gasteiger partial charge in [0, 0.05) is 18.8 Å². The Morgan fingerprint density at radius 2 is 2.07 bits per heavy atom. The molecular formula is C11H24N2O. The number of ether oxygens (including phenoxy) is 1. The van der Waals surface area contributed by atoms with Gasteiger partial charge in [0.25, 0.3) is 0 Å². The summed E-state index contributed by atoms with van der Waals surface area (Å²) >= 11 is 0. The minimum absolute atomic E-state index is 0.279. The molecule has 3 heteroatoms. The first-order valence-corrected chi connectivity index (χ1v) is 5.73. The molecule has 1 saturated heterocycles. The van der Waals surface area contributed by atoms with Gasteiger partial charge >= 0.3 is 0 Å². The van der Waals surface area contributed by atoms with Crippen molar-refractivity contribution in [3.63, 3.8) is 0 Å². The highest BCUT2D eigenvalue weighted by Crippen LogP contribution is 2.19. The Morgan fingerprint density at radius 3 is 2.57 bits per heavy atom. The molecule has 3 nitrogen and oxygen atoms in total. The van der Waals surface area contributed by atoms with Crippen LogP contribution in [0, 0.1) is 5.92 Å². The quantitative estimate of drug-likeness (QED) is 0.699. The van der Waals surface area contributed by atoms with Gasteiger partial charge in [0.2, 0.25) is 0 Å². The predicted octanol–water partition coefficient (Wildman–Crippen LogP) is 1.13. The molecule has 0 saturated carbocycles. The minimum Gasteiger partial charge on any atom is -0.381 e. The lowest BCUT2D eigenvalue weighted by atomic mass is 9.91. The highest BCUT2D eigenvalue weighted by atomic mass is 16.5. The zero-order valence-corrected chi connectivity index (χ0v) is 9.51. The van der Waals surface area contributed by atoms with E-state index in [9.17, 15) is 0 Å². The third-order valence-corrected chi connectivity index (χ3v) is 3.32. The van der Waals surface area contributed by atoms with Gasteiger partial charge < -0.3 is 15.8 Å². The van der Waals surface area contributed by atoms with E-state index in [0.29, 0.717) is 5.92 Å². The smallest absolute Gasteiger partial charge is 0.0483 e. The molecule has 0 radical (unpaired) electrons. The number of hydrogen-bond acceptors (Lipinski definition) is 3. The fourth-order valence-electron chi connectivity index (χ4n) is 1.78. The molecule has 0 aromatic carbocycles. The van der Waals surface area contributed by atoms with Gasteiger partial charge in [-0.1, -0.05) is 13.3 Å². The van der Waals surface area contributed by atoms with E-state index in [4.69, 9.17) is 10.5 Å². The van der Waals surface area contributed by atoms with Crippen LogP contribution in [0.1, 0.15) is 33.1 Å². The molecule has 0 bridgehead atoms. The standard InChI is InChI=1S/C11H24N2O/c1-3-10(8-12)9-13-11(2)4-6-14-7-5-11/h10,13H,3-9,12H2,1-2H3. The molecule has 14 heavy (non-hydrogen) atoms. The van der Waals surface area contributed by atoms with Crippen LogP contribution < -0.4 is 11.1 Å². The molecule has 84 valence electrons. The Morgan fingerprint density at radius 1 is 1.43 bits per heavy atom. The largest absolute Gasteiger partial charge is 0.381 e. The van der Waals surface area contributed by atoms with Crippen LogP contribution in [0.2, 0.25) is 0 Å². The summed E-state index contributed by atoms with van der Waals surface area (Å²) in [7, 11) is 0. The molecule has 0 aromatic heterocycles. The highest BCUT2D eigenvalue weighted by Gasteiger charge is 2.26. The molecule has 1 rings (SSSR count). The lowest BCUT2D eigenvalue weighted by Crippen LogP contribution is -2.49. The van der Waals surface area contributed by atoms with E-state index < -0.39 is 0 Å². The van der Waals surface area contributed by atoms with Crippen LogP contribution in [0.3, 0.4) is 0 Å².